The van der Waals surface area contributed by atoms with Crippen molar-refractivity contribution >= 4 is 22.0 Å². The summed E-state index contributed by atoms with van der Waals surface area (Å²) in [5.74, 6) is -5.11. The van der Waals surface area contributed by atoms with Gasteiger partial charge in [-0.25, -0.2) is 30.4 Å². The minimum absolute atomic E-state index is 0.166. The Bertz CT molecular complexity index is 1490. The van der Waals surface area contributed by atoms with E-state index in [1.807, 2.05) is 0 Å². The van der Waals surface area contributed by atoms with Crippen LogP contribution >= 0.6 is 0 Å². The van der Waals surface area contributed by atoms with Crippen LogP contribution in [0.3, 0.4) is 0 Å². The third-order valence-electron chi connectivity index (χ3n) is 5.65. The molecule has 0 saturated carbocycles. The summed E-state index contributed by atoms with van der Waals surface area (Å²) in [5.41, 5.74) is -2.85. The maximum Gasteiger partial charge on any atom is 0.340 e. The molecule has 1 aromatic heterocycles. The summed E-state index contributed by atoms with van der Waals surface area (Å²) >= 11 is 0. The summed E-state index contributed by atoms with van der Waals surface area (Å²) in [6.45, 7) is 1.29. The Kier molecular flexibility index (Phi) is 6.31. The van der Waals surface area contributed by atoms with Gasteiger partial charge in [-0.15, -0.1) is 0 Å². The fourth-order valence-electron chi connectivity index (χ4n) is 3.90. The molecule has 0 amide bonds. The molecule has 13 heteroatoms. The van der Waals surface area contributed by atoms with Gasteiger partial charge in [-0.1, -0.05) is 6.07 Å². The van der Waals surface area contributed by atoms with E-state index in [1.54, 1.807) is 0 Å². The maximum absolute atomic E-state index is 15.0. The van der Waals surface area contributed by atoms with Gasteiger partial charge in [0.15, 0.2) is 0 Å². The number of hydroxylamine groups is 2. The molecule has 0 bridgehead atoms. The quantitative estimate of drug-likeness (QED) is 0.501. The molecule has 2 heterocycles. The average Bonchev–Trinajstić information content (AvgIpc) is 3.15. The Balaban J connectivity index is 2.08. The molecule has 0 N–H and O–H groups in total. The average molecular weight is 524 g/mol. The second-order valence-corrected chi connectivity index (χ2v) is 9.91. The number of hydrogen-bond acceptors (Lipinski definition) is 8. The molecular formula is C23H19F3N2O7S. The van der Waals surface area contributed by atoms with E-state index >= 15 is 0 Å². The number of carbonyl (C=O) groups excluding carboxylic acids is 2. The molecular weight excluding hydrogens is 505 g/mol. The summed E-state index contributed by atoms with van der Waals surface area (Å²) in [4.78, 5) is 34.7. The van der Waals surface area contributed by atoms with Crippen LogP contribution < -0.4 is 4.74 Å². The van der Waals surface area contributed by atoms with Gasteiger partial charge in [-0.05, 0) is 37.3 Å². The van der Waals surface area contributed by atoms with Crippen molar-refractivity contribution in [3.05, 3.63) is 71.7 Å². The van der Waals surface area contributed by atoms with E-state index < -0.39 is 67.4 Å². The van der Waals surface area contributed by atoms with E-state index in [2.05, 4.69) is 0 Å². The Hall–Kier alpha value is -3.84. The van der Waals surface area contributed by atoms with Gasteiger partial charge in [-0.3, -0.25) is 4.79 Å². The highest BCUT2D eigenvalue weighted by Crippen LogP contribution is 2.46. The highest BCUT2D eigenvalue weighted by atomic mass is 32.2. The highest BCUT2D eigenvalue weighted by Gasteiger charge is 2.48. The van der Waals surface area contributed by atoms with Crippen molar-refractivity contribution in [3.8, 4) is 17.0 Å². The topological polar surface area (TPSA) is 104 Å². The molecule has 1 saturated heterocycles. The summed E-state index contributed by atoms with van der Waals surface area (Å²) in [7, 11) is -2.34. The molecule has 1 aliphatic heterocycles. The minimum Gasteiger partial charge on any atom is -0.494 e. The predicted octanol–water partition coefficient (Wildman–Crippen LogP) is 3.33. The van der Waals surface area contributed by atoms with Gasteiger partial charge in [-0.2, -0.15) is 0 Å². The first-order valence-corrected chi connectivity index (χ1v) is 11.8. The van der Waals surface area contributed by atoms with Crippen molar-refractivity contribution in [1.29, 1.82) is 0 Å². The summed E-state index contributed by atoms with van der Waals surface area (Å²) in [6.07, 6.45) is 0.360. The van der Waals surface area contributed by atoms with E-state index in [1.165, 1.54) is 6.92 Å². The molecule has 3 aromatic rings. The molecule has 1 unspecified atom stereocenters. The van der Waals surface area contributed by atoms with Gasteiger partial charge >= 0.3 is 11.9 Å². The zero-order valence-electron chi connectivity index (χ0n) is 19.1. The van der Waals surface area contributed by atoms with E-state index in [-0.39, 0.29) is 11.3 Å². The first-order chi connectivity index (χ1) is 16.9. The molecule has 36 heavy (non-hydrogen) atoms. The summed E-state index contributed by atoms with van der Waals surface area (Å²) < 4.78 is 75.8. The van der Waals surface area contributed by atoms with E-state index in [9.17, 15) is 31.2 Å². The number of carbonyl (C=O) groups is 2. The predicted molar refractivity (Wildman–Crippen MR) is 117 cm³/mol. The molecule has 1 aliphatic rings. The fraction of sp³-hybridized carbons (Fsp3) is 0.217. The third-order valence-corrected chi connectivity index (χ3v) is 7.31. The lowest BCUT2D eigenvalue weighted by molar-refractivity contribution is -0.306. The van der Waals surface area contributed by atoms with Crippen LogP contribution in [0.2, 0.25) is 0 Å². The van der Waals surface area contributed by atoms with E-state index in [0.29, 0.717) is 15.3 Å². The number of rotatable bonds is 5. The van der Waals surface area contributed by atoms with Crippen LogP contribution in [0.15, 0.2) is 53.6 Å². The summed E-state index contributed by atoms with van der Waals surface area (Å²) in [5, 5.41) is 0.545. The smallest absolute Gasteiger partial charge is 0.340 e. The van der Waals surface area contributed by atoms with Crippen LogP contribution in [0.1, 0.15) is 18.9 Å². The minimum atomic E-state index is -4.64. The van der Waals surface area contributed by atoms with Crippen LogP contribution in [-0.4, -0.2) is 43.7 Å². The van der Waals surface area contributed by atoms with Crippen molar-refractivity contribution in [3.63, 3.8) is 0 Å². The van der Waals surface area contributed by atoms with Crippen LogP contribution in [0.4, 0.5) is 13.2 Å². The molecule has 0 spiro atoms. The van der Waals surface area contributed by atoms with Gasteiger partial charge in [0.2, 0.25) is 0 Å². The Morgan fingerprint density at radius 3 is 2.36 bits per heavy atom. The number of aromatic nitrogens is 1. The molecule has 0 aliphatic carbocycles. The number of nitrogens with zero attached hydrogens (tertiary/aromatic N) is 2. The Morgan fingerprint density at radius 2 is 1.72 bits per heavy atom. The zero-order valence-corrected chi connectivity index (χ0v) is 19.9. The lowest BCUT2D eigenvalue weighted by atomic mass is 9.80. The van der Waals surface area contributed by atoms with Crippen molar-refractivity contribution in [1.82, 2.24) is 9.20 Å². The molecule has 0 radical (unpaired) electrons. The molecule has 190 valence electrons. The van der Waals surface area contributed by atoms with Crippen molar-refractivity contribution in [2.45, 2.75) is 23.7 Å². The molecule has 2 aromatic carbocycles. The monoisotopic (exact) mass is 524 g/mol. The Morgan fingerprint density at radius 1 is 1.03 bits per heavy atom. The first-order valence-electron chi connectivity index (χ1n) is 10.3. The molecule has 1 fully saturated rings. The second-order valence-electron chi connectivity index (χ2n) is 8.10. The third kappa shape index (κ3) is 4.20. The normalized spacial score (nSPS) is 18.9. The van der Waals surface area contributed by atoms with Gasteiger partial charge in [0.05, 0.1) is 25.5 Å². The highest BCUT2D eigenvalue weighted by molar-refractivity contribution is 7.90. The lowest BCUT2D eigenvalue weighted by Gasteiger charge is -2.23. The molecule has 1 atom stereocenters. The number of hydrogen-bond donors (Lipinski definition) is 0. The van der Waals surface area contributed by atoms with Crippen molar-refractivity contribution < 1.29 is 45.6 Å². The molecule has 4 rings (SSSR count). The molecule has 9 nitrogen and oxygen atoms in total. The maximum atomic E-state index is 15.0. The summed E-state index contributed by atoms with van der Waals surface area (Å²) in [6, 6.07) is 6.49. The van der Waals surface area contributed by atoms with Gasteiger partial charge in [0.1, 0.15) is 34.3 Å². The van der Waals surface area contributed by atoms with Crippen molar-refractivity contribution in [2.75, 3.05) is 14.2 Å². The van der Waals surface area contributed by atoms with Crippen LogP contribution in [0.25, 0.3) is 11.3 Å². The lowest BCUT2D eigenvalue weighted by Crippen LogP contribution is -2.35. The van der Waals surface area contributed by atoms with Crippen LogP contribution in [-0.2, 0) is 34.7 Å². The van der Waals surface area contributed by atoms with Crippen LogP contribution in [0, 0.1) is 17.5 Å². The van der Waals surface area contributed by atoms with Gasteiger partial charge in [0, 0.05) is 28.6 Å². The number of methoxy groups -OCH3 is 1. The second kappa shape index (κ2) is 8.99. The first kappa shape index (κ1) is 25.3. The van der Waals surface area contributed by atoms with Gasteiger partial charge in [0.25, 0.3) is 10.0 Å². The van der Waals surface area contributed by atoms with E-state index in [0.717, 1.165) is 56.8 Å². The Labute approximate surface area is 203 Å². The number of benzene rings is 2. The number of ether oxygens (including phenoxy) is 1. The van der Waals surface area contributed by atoms with Gasteiger partial charge < -0.3 is 14.4 Å². The largest absolute Gasteiger partial charge is 0.494 e. The van der Waals surface area contributed by atoms with Crippen molar-refractivity contribution in [2.24, 2.45) is 0 Å². The van der Waals surface area contributed by atoms with Crippen LogP contribution in [0.5, 0.6) is 5.75 Å². The zero-order chi connectivity index (χ0) is 26.4. The number of halogens is 3. The van der Waals surface area contributed by atoms with E-state index in [4.69, 9.17) is 14.4 Å². The SMILES string of the molecule is COc1c(C2(C)CC(=O)ON(C)OC2=O)cn(S(=O)(=O)c2cccc(F)c2)c1-c1ccc(F)cc1F. The fourth-order valence-corrected chi connectivity index (χ4v) is 5.30. The standard InChI is InChI=1S/C23H19F3N2O7S/c1-23(11-19(29)34-27(2)35-22(23)30)17-12-28(36(31,32)15-6-4-5-13(24)9-15)20(21(17)33-3)16-8-7-14(25)10-18(16)26/h4-10,12H,11H2,1-3H3.